The highest BCUT2D eigenvalue weighted by Gasteiger charge is 2.07. The average Bonchev–Trinajstić information content (AvgIpc) is 2.48. The third-order valence-electron chi connectivity index (χ3n) is 2.71. The molecular weight excluding hydrogens is 318 g/mol. The molecule has 110 valence electrons. The lowest BCUT2D eigenvalue weighted by Crippen LogP contribution is -2.13. The second-order valence-electron chi connectivity index (χ2n) is 4.16. The molecule has 2 aromatic rings. The zero-order valence-electron chi connectivity index (χ0n) is 10.7. The van der Waals surface area contributed by atoms with Crippen LogP contribution in [-0.2, 0) is 6.61 Å². The highest BCUT2D eigenvalue weighted by atomic mass is 35.5. The first-order chi connectivity index (χ1) is 10.0. The largest absolute Gasteiger partial charge is 0.489 e. The van der Waals surface area contributed by atoms with Gasteiger partial charge in [-0.2, -0.15) is 0 Å². The number of nitrogens with two attached hydrogens (primary N) is 1. The summed E-state index contributed by atoms with van der Waals surface area (Å²) in [6, 6.07) is 9.08. The van der Waals surface area contributed by atoms with Crippen LogP contribution in [0.5, 0.6) is 5.75 Å². The van der Waals surface area contributed by atoms with Crippen LogP contribution in [0.3, 0.4) is 0 Å². The van der Waals surface area contributed by atoms with E-state index in [2.05, 4.69) is 5.16 Å². The summed E-state index contributed by atoms with van der Waals surface area (Å²) in [5.74, 6) is -0.0709. The second-order valence-corrected chi connectivity index (χ2v) is 4.98. The summed E-state index contributed by atoms with van der Waals surface area (Å²) in [4.78, 5) is 0. The molecule has 0 aliphatic carbocycles. The van der Waals surface area contributed by atoms with Crippen molar-refractivity contribution in [2.24, 2.45) is 10.9 Å². The molecule has 21 heavy (non-hydrogen) atoms. The first-order valence-electron chi connectivity index (χ1n) is 5.85. The van der Waals surface area contributed by atoms with Gasteiger partial charge in [-0.3, -0.25) is 0 Å². The minimum atomic E-state index is -0.480. The van der Waals surface area contributed by atoms with Crippen LogP contribution in [0.25, 0.3) is 0 Å². The monoisotopic (exact) mass is 328 g/mol. The molecule has 0 heterocycles. The number of hydrogen-bond donors (Lipinski definition) is 2. The molecule has 0 fully saturated rings. The van der Waals surface area contributed by atoms with Gasteiger partial charge in [-0.05, 0) is 35.9 Å². The maximum Gasteiger partial charge on any atom is 0.171 e. The summed E-state index contributed by atoms with van der Waals surface area (Å²) < 4.78 is 18.6. The SMILES string of the molecule is N/C(=N/O)c1ccc(OCc2ccc(F)c(Cl)c2)cc1Cl. The Morgan fingerprint density at radius 2 is 1.95 bits per heavy atom. The fraction of sp³-hybridized carbons (Fsp3) is 0.0714. The number of hydrogen-bond acceptors (Lipinski definition) is 3. The van der Waals surface area contributed by atoms with Gasteiger partial charge in [-0.1, -0.05) is 34.4 Å². The molecule has 7 heteroatoms. The van der Waals surface area contributed by atoms with Crippen molar-refractivity contribution < 1.29 is 14.3 Å². The smallest absolute Gasteiger partial charge is 0.171 e. The lowest BCUT2D eigenvalue weighted by molar-refractivity contribution is 0.306. The van der Waals surface area contributed by atoms with Gasteiger partial charge in [0.1, 0.15) is 18.2 Å². The van der Waals surface area contributed by atoms with Gasteiger partial charge in [0.2, 0.25) is 0 Å². The molecule has 0 bridgehead atoms. The summed E-state index contributed by atoms with van der Waals surface area (Å²) in [6.45, 7) is 0.208. The maximum atomic E-state index is 13.0. The predicted molar refractivity (Wildman–Crippen MR) is 79.7 cm³/mol. The molecule has 0 radical (unpaired) electrons. The number of benzene rings is 2. The molecule has 3 N–H and O–H groups in total. The lowest BCUT2D eigenvalue weighted by Gasteiger charge is -2.09. The topological polar surface area (TPSA) is 67.8 Å². The van der Waals surface area contributed by atoms with Gasteiger partial charge in [-0.25, -0.2) is 4.39 Å². The van der Waals surface area contributed by atoms with E-state index in [1.165, 1.54) is 12.1 Å². The van der Waals surface area contributed by atoms with Crippen molar-refractivity contribution in [3.05, 3.63) is 63.4 Å². The zero-order chi connectivity index (χ0) is 15.4. The Hall–Kier alpha value is -1.98. The van der Waals surface area contributed by atoms with Crippen molar-refractivity contribution in [3.63, 3.8) is 0 Å². The molecular formula is C14H11Cl2FN2O2. The number of nitrogens with zero attached hydrogens (tertiary/aromatic N) is 1. The van der Waals surface area contributed by atoms with Crippen LogP contribution in [0.15, 0.2) is 41.6 Å². The summed E-state index contributed by atoms with van der Waals surface area (Å²) in [6.07, 6.45) is 0. The van der Waals surface area contributed by atoms with Crippen molar-refractivity contribution in [1.29, 1.82) is 0 Å². The Morgan fingerprint density at radius 1 is 1.19 bits per heavy atom. The van der Waals surface area contributed by atoms with Crippen molar-refractivity contribution in [2.45, 2.75) is 6.61 Å². The van der Waals surface area contributed by atoms with Gasteiger partial charge in [0.15, 0.2) is 5.84 Å². The van der Waals surface area contributed by atoms with Gasteiger partial charge in [0.05, 0.1) is 10.0 Å². The molecule has 0 saturated carbocycles. The molecule has 0 aliphatic heterocycles. The molecule has 0 aromatic heterocycles. The lowest BCUT2D eigenvalue weighted by atomic mass is 10.2. The quantitative estimate of drug-likeness (QED) is 0.388. The molecule has 0 amide bonds. The Bertz CT molecular complexity index is 693. The van der Waals surface area contributed by atoms with Gasteiger partial charge < -0.3 is 15.7 Å². The van der Waals surface area contributed by atoms with Crippen LogP contribution in [0.4, 0.5) is 4.39 Å². The maximum absolute atomic E-state index is 13.0. The number of oxime groups is 1. The van der Waals surface area contributed by atoms with Gasteiger partial charge >= 0.3 is 0 Å². The van der Waals surface area contributed by atoms with E-state index in [0.29, 0.717) is 16.3 Å². The normalized spacial score (nSPS) is 11.5. The van der Waals surface area contributed by atoms with Crippen LogP contribution in [0, 0.1) is 5.82 Å². The molecule has 2 rings (SSSR count). The van der Waals surface area contributed by atoms with E-state index < -0.39 is 5.82 Å². The number of rotatable bonds is 4. The van der Waals surface area contributed by atoms with E-state index in [0.717, 1.165) is 5.56 Å². The Kier molecular flexibility index (Phi) is 4.88. The second kappa shape index (κ2) is 6.65. The molecule has 0 unspecified atom stereocenters. The minimum absolute atomic E-state index is 0.0383. The Morgan fingerprint density at radius 3 is 2.57 bits per heavy atom. The van der Waals surface area contributed by atoms with Crippen LogP contribution >= 0.6 is 23.2 Å². The summed E-state index contributed by atoms with van der Waals surface area (Å²) in [5, 5.41) is 11.8. The summed E-state index contributed by atoms with van der Waals surface area (Å²) in [5.41, 5.74) is 6.59. The highest BCUT2D eigenvalue weighted by Crippen LogP contribution is 2.24. The molecule has 0 aliphatic rings. The number of amidine groups is 1. The molecule has 4 nitrogen and oxygen atoms in total. The van der Waals surface area contributed by atoms with Crippen molar-refractivity contribution in [1.82, 2.24) is 0 Å². The molecule has 2 aromatic carbocycles. The molecule has 0 atom stereocenters. The zero-order valence-corrected chi connectivity index (χ0v) is 12.2. The highest BCUT2D eigenvalue weighted by molar-refractivity contribution is 6.34. The minimum Gasteiger partial charge on any atom is -0.489 e. The van der Waals surface area contributed by atoms with Crippen molar-refractivity contribution in [2.75, 3.05) is 0 Å². The van der Waals surface area contributed by atoms with Crippen LogP contribution in [-0.4, -0.2) is 11.0 Å². The van der Waals surface area contributed by atoms with E-state index >= 15 is 0 Å². The predicted octanol–water partition coefficient (Wildman–Crippen LogP) is 3.81. The Balaban J connectivity index is 2.10. The van der Waals surface area contributed by atoms with E-state index in [1.54, 1.807) is 24.3 Å². The van der Waals surface area contributed by atoms with E-state index in [1.807, 2.05) is 0 Å². The van der Waals surface area contributed by atoms with Crippen LogP contribution < -0.4 is 10.5 Å². The third kappa shape index (κ3) is 3.77. The summed E-state index contributed by atoms with van der Waals surface area (Å²) in [7, 11) is 0. The van der Waals surface area contributed by atoms with Crippen molar-refractivity contribution >= 4 is 29.0 Å². The van der Waals surface area contributed by atoms with Gasteiger partial charge in [0.25, 0.3) is 0 Å². The third-order valence-corrected chi connectivity index (χ3v) is 3.32. The van der Waals surface area contributed by atoms with Crippen molar-refractivity contribution in [3.8, 4) is 5.75 Å². The van der Waals surface area contributed by atoms with E-state index in [9.17, 15) is 4.39 Å². The fourth-order valence-corrected chi connectivity index (χ4v) is 2.11. The number of halogens is 3. The first kappa shape index (κ1) is 15.4. The summed E-state index contributed by atoms with van der Waals surface area (Å²) >= 11 is 11.7. The molecule has 0 saturated heterocycles. The average molecular weight is 329 g/mol. The van der Waals surface area contributed by atoms with E-state index in [-0.39, 0.29) is 17.5 Å². The van der Waals surface area contributed by atoms with Gasteiger partial charge in [-0.15, -0.1) is 0 Å². The number of ether oxygens (including phenoxy) is 1. The first-order valence-corrected chi connectivity index (χ1v) is 6.61. The molecule has 0 spiro atoms. The Labute approximate surface area is 130 Å². The van der Waals surface area contributed by atoms with E-state index in [4.69, 9.17) is 38.9 Å². The van der Waals surface area contributed by atoms with Crippen LogP contribution in [0.1, 0.15) is 11.1 Å². The van der Waals surface area contributed by atoms with Crippen LogP contribution in [0.2, 0.25) is 10.0 Å². The fourth-order valence-electron chi connectivity index (χ4n) is 1.64. The van der Waals surface area contributed by atoms with Gasteiger partial charge in [0, 0.05) is 5.56 Å². The standard InChI is InChI=1S/C14H11Cl2FN2O2/c15-11-6-9(2-3-10(11)14(18)19-20)21-7-8-1-4-13(17)12(16)5-8/h1-6,20H,7H2,(H2,18,19).